The van der Waals surface area contributed by atoms with Crippen LogP contribution in [0.4, 0.5) is 4.39 Å². The number of hydrogen-bond acceptors (Lipinski definition) is 7. The van der Waals surface area contributed by atoms with Crippen molar-refractivity contribution in [1.29, 1.82) is 0 Å². The highest BCUT2D eigenvalue weighted by Crippen LogP contribution is 2.18. The molecule has 0 saturated heterocycles. The number of fused-ring (bicyclic) bond motifs is 1. The molecule has 0 N–H and O–H groups in total. The Morgan fingerprint density at radius 3 is 2.76 bits per heavy atom. The summed E-state index contributed by atoms with van der Waals surface area (Å²) >= 11 is 0. The van der Waals surface area contributed by atoms with Crippen molar-refractivity contribution in [2.75, 3.05) is 20.8 Å². The maximum Gasteiger partial charge on any atom is 0.342 e. The van der Waals surface area contributed by atoms with Crippen molar-refractivity contribution < 1.29 is 23.5 Å². The molecule has 2 aromatic heterocycles. The molecular weight excluding hydrogens is 381 g/mol. The molecule has 2 heterocycles. The van der Waals surface area contributed by atoms with Crippen molar-refractivity contribution in [2.24, 2.45) is 0 Å². The molecule has 29 heavy (non-hydrogen) atoms. The van der Waals surface area contributed by atoms with Gasteiger partial charge in [-0.2, -0.15) is 10.1 Å². The lowest BCUT2D eigenvalue weighted by molar-refractivity contribution is -0.133. The Bertz CT molecular complexity index is 1050. The van der Waals surface area contributed by atoms with E-state index in [0.717, 1.165) is 0 Å². The van der Waals surface area contributed by atoms with Crippen molar-refractivity contribution in [2.45, 2.75) is 19.9 Å². The molecule has 0 bridgehead atoms. The van der Waals surface area contributed by atoms with Gasteiger partial charge in [-0.1, -0.05) is 13.0 Å². The van der Waals surface area contributed by atoms with Crippen molar-refractivity contribution in [3.8, 4) is 5.75 Å². The first-order valence-electron chi connectivity index (χ1n) is 8.85. The van der Waals surface area contributed by atoms with Gasteiger partial charge < -0.3 is 14.4 Å². The van der Waals surface area contributed by atoms with E-state index in [1.54, 1.807) is 13.1 Å². The van der Waals surface area contributed by atoms with Crippen LogP contribution in [0.15, 0.2) is 30.7 Å². The molecule has 0 fully saturated rings. The van der Waals surface area contributed by atoms with Crippen molar-refractivity contribution in [1.82, 2.24) is 24.5 Å². The number of methoxy groups -OCH3 is 1. The van der Waals surface area contributed by atoms with Gasteiger partial charge >= 0.3 is 5.97 Å². The molecule has 3 aromatic rings. The van der Waals surface area contributed by atoms with Gasteiger partial charge in [-0.15, -0.1) is 0 Å². The zero-order valence-electron chi connectivity index (χ0n) is 16.3. The average Bonchev–Trinajstić information content (AvgIpc) is 3.20. The van der Waals surface area contributed by atoms with Crippen LogP contribution in [0.25, 0.3) is 5.78 Å². The van der Waals surface area contributed by atoms with E-state index in [0.29, 0.717) is 23.5 Å². The number of aromatic nitrogens is 4. The fraction of sp³-hybridized carbons (Fsp3) is 0.316. The lowest BCUT2D eigenvalue weighted by Gasteiger charge is -2.18. The van der Waals surface area contributed by atoms with Gasteiger partial charge in [0.1, 0.15) is 6.33 Å². The second-order valence-corrected chi connectivity index (χ2v) is 6.24. The van der Waals surface area contributed by atoms with E-state index in [9.17, 15) is 14.0 Å². The van der Waals surface area contributed by atoms with E-state index in [1.165, 1.54) is 41.2 Å². The number of halogens is 1. The molecule has 0 unspecified atom stereocenters. The molecule has 3 rings (SSSR count). The minimum atomic E-state index is -0.677. The number of ether oxygens (including phenoxy) is 2. The summed E-state index contributed by atoms with van der Waals surface area (Å²) in [7, 11) is 2.92. The summed E-state index contributed by atoms with van der Waals surface area (Å²) in [4.78, 5) is 34.1. The molecule has 0 aliphatic carbocycles. The minimum absolute atomic E-state index is 0.126. The Balaban J connectivity index is 1.62. The number of carbonyl (C=O) groups excluding carboxylic acids is 2. The van der Waals surface area contributed by atoms with Gasteiger partial charge in [-0.25, -0.2) is 18.7 Å². The molecule has 0 aliphatic heterocycles. The van der Waals surface area contributed by atoms with E-state index in [1.807, 2.05) is 6.92 Å². The topological polar surface area (TPSA) is 98.9 Å². The number of nitrogens with zero attached hydrogens (tertiary/aromatic N) is 5. The molecule has 0 radical (unpaired) electrons. The first-order chi connectivity index (χ1) is 13.9. The van der Waals surface area contributed by atoms with Crippen LogP contribution in [0.2, 0.25) is 0 Å². The fourth-order valence-electron chi connectivity index (χ4n) is 2.82. The summed E-state index contributed by atoms with van der Waals surface area (Å²) in [5, 5.41) is 4.04. The highest BCUT2D eigenvalue weighted by atomic mass is 19.1. The molecule has 0 aliphatic rings. The number of benzene rings is 1. The summed E-state index contributed by atoms with van der Waals surface area (Å²) in [5.41, 5.74) is 1.39. The smallest absolute Gasteiger partial charge is 0.342 e. The average molecular weight is 401 g/mol. The summed E-state index contributed by atoms with van der Waals surface area (Å²) < 4.78 is 25.3. The van der Waals surface area contributed by atoms with E-state index in [-0.39, 0.29) is 17.9 Å². The Hall–Kier alpha value is -3.56. The van der Waals surface area contributed by atoms with Crippen molar-refractivity contribution in [3.63, 3.8) is 0 Å². The summed E-state index contributed by atoms with van der Waals surface area (Å²) in [5.74, 6) is -1.12. The molecule has 0 spiro atoms. The molecular formula is C19H20FN5O4. The molecule has 1 aromatic carbocycles. The molecule has 9 nitrogen and oxygen atoms in total. The maximum absolute atomic E-state index is 13.8. The van der Waals surface area contributed by atoms with Gasteiger partial charge in [-0.05, 0) is 24.1 Å². The van der Waals surface area contributed by atoms with Crippen LogP contribution in [0.5, 0.6) is 5.75 Å². The number of likely N-dealkylation sites (N-methyl/N-ethyl adjacent to an activating group) is 1. The van der Waals surface area contributed by atoms with Gasteiger partial charge in [-0.3, -0.25) is 4.79 Å². The van der Waals surface area contributed by atoms with Crippen LogP contribution in [0.1, 0.15) is 28.5 Å². The monoisotopic (exact) mass is 401 g/mol. The Morgan fingerprint density at radius 2 is 2.07 bits per heavy atom. The number of hydrogen-bond donors (Lipinski definition) is 0. The first-order valence-corrected chi connectivity index (χ1v) is 8.85. The van der Waals surface area contributed by atoms with Crippen LogP contribution in [-0.2, 0) is 22.5 Å². The van der Waals surface area contributed by atoms with Crippen molar-refractivity contribution >= 4 is 17.7 Å². The van der Waals surface area contributed by atoms with Crippen LogP contribution in [0.3, 0.4) is 0 Å². The lowest BCUT2D eigenvalue weighted by atomic mass is 10.2. The normalized spacial score (nSPS) is 10.8. The number of amides is 1. The van der Waals surface area contributed by atoms with Gasteiger partial charge in [0.05, 0.1) is 18.4 Å². The Labute approximate surface area is 166 Å². The first kappa shape index (κ1) is 20.2. The van der Waals surface area contributed by atoms with Crippen LogP contribution in [0, 0.1) is 5.82 Å². The number of aryl methyl sites for hydroxylation is 1. The number of rotatable bonds is 7. The molecule has 1 amide bonds. The van der Waals surface area contributed by atoms with E-state index in [4.69, 9.17) is 9.47 Å². The standard InChI is InChI=1S/C19H20FN5O4/c1-4-15-13(8-21-19-22-11-23-25(15)19)18(27)29-10-17(26)24(2)9-12-5-6-16(28-3)14(20)7-12/h5-8,11H,4,9-10H2,1-3H3. The quantitative estimate of drug-likeness (QED) is 0.555. The summed E-state index contributed by atoms with van der Waals surface area (Å²) in [6.07, 6.45) is 3.21. The van der Waals surface area contributed by atoms with Gasteiger partial charge in [0.2, 0.25) is 0 Å². The lowest BCUT2D eigenvalue weighted by Crippen LogP contribution is -2.31. The fourth-order valence-corrected chi connectivity index (χ4v) is 2.82. The Kier molecular flexibility index (Phi) is 6.01. The third kappa shape index (κ3) is 4.31. The second kappa shape index (κ2) is 8.63. The third-order valence-electron chi connectivity index (χ3n) is 4.35. The van der Waals surface area contributed by atoms with Gasteiger partial charge in [0, 0.05) is 19.8 Å². The van der Waals surface area contributed by atoms with E-state index < -0.39 is 24.3 Å². The molecule has 10 heteroatoms. The summed E-state index contributed by atoms with van der Waals surface area (Å²) in [6, 6.07) is 4.44. The maximum atomic E-state index is 13.8. The predicted molar refractivity (Wildman–Crippen MR) is 99.9 cm³/mol. The van der Waals surface area contributed by atoms with Gasteiger partial charge in [0.15, 0.2) is 18.2 Å². The molecule has 152 valence electrons. The van der Waals surface area contributed by atoms with Crippen molar-refractivity contribution in [3.05, 3.63) is 53.4 Å². The highest BCUT2D eigenvalue weighted by molar-refractivity contribution is 5.92. The third-order valence-corrected chi connectivity index (χ3v) is 4.35. The van der Waals surface area contributed by atoms with Crippen LogP contribution in [-0.4, -0.2) is 57.1 Å². The molecule has 0 atom stereocenters. The van der Waals surface area contributed by atoms with E-state index in [2.05, 4.69) is 15.1 Å². The highest BCUT2D eigenvalue weighted by Gasteiger charge is 2.19. The summed E-state index contributed by atoms with van der Waals surface area (Å²) in [6.45, 7) is 1.57. The SMILES string of the molecule is CCc1c(C(=O)OCC(=O)N(C)Cc2ccc(OC)c(F)c2)cnc2ncnn12. The zero-order valence-corrected chi connectivity index (χ0v) is 16.3. The predicted octanol–water partition coefficient (Wildman–Crippen LogP) is 1.65. The molecule has 0 saturated carbocycles. The number of esters is 1. The second-order valence-electron chi connectivity index (χ2n) is 6.24. The minimum Gasteiger partial charge on any atom is -0.494 e. The number of carbonyl (C=O) groups is 2. The van der Waals surface area contributed by atoms with Crippen LogP contribution >= 0.6 is 0 Å². The van der Waals surface area contributed by atoms with Crippen LogP contribution < -0.4 is 4.74 Å². The Morgan fingerprint density at radius 1 is 1.28 bits per heavy atom. The van der Waals surface area contributed by atoms with E-state index >= 15 is 0 Å². The van der Waals surface area contributed by atoms with Gasteiger partial charge in [0.25, 0.3) is 11.7 Å². The zero-order chi connectivity index (χ0) is 21.0. The largest absolute Gasteiger partial charge is 0.494 e.